The highest BCUT2D eigenvalue weighted by molar-refractivity contribution is 6.21. The lowest BCUT2D eigenvalue weighted by molar-refractivity contribution is 0.668. The summed E-state index contributed by atoms with van der Waals surface area (Å²) < 4.78 is 26.6. The van der Waals surface area contributed by atoms with E-state index in [0.717, 1.165) is 116 Å². The fraction of sp³-hybridized carbons (Fsp3) is 0.0167. The third kappa shape index (κ3) is 4.17. The maximum Gasteiger partial charge on any atom is 0.143 e. The second kappa shape index (κ2) is 11.9. The first-order valence-corrected chi connectivity index (χ1v) is 22.1. The molecule has 0 N–H and O–H groups in total. The van der Waals surface area contributed by atoms with E-state index in [4.69, 9.17) is 17.7 Å². The van der Waals surface area contributed by atoms with Crippen molar-refractivity contribution in [3.63, 3.8) is 0 Å². The van der Waals surface area contributed by atoms with Gasteiger partial charge >= 0.3 is 0 Å². The van der Waals surface area contributed by atoms with E-state index < -0.39 is 5.41 Å². The summed E-state index contributed by atoms with van der Waals surface area (Å²) in [4.78, 5) is 4.45. The Hall–Kier alpha value is -8.67. The Labute approximate surface area is 369 Å². The zero-order valence-electron chi connectivity index (χ0n) is 34.5. The molecule has 5 heteroatoms. The average molecular weight is 830 g/mol. The van der Waals surface area contributed by atoms with Crippen LogP contribution in [0.4, 0.5) is 0 Å². The molecule has 300 valence electrons. The van der Waals surface area contributed by atoms with Crippen molar-refractivity contribution in [2.75, 3.05) is 0 Å². The van der Waals surface area contributed by atoms with E-state index in [1.807, 2.05) is 24.4 Å². The summed E-state index contributed by atoms with van der Waals surface area (Å²) in [5.41, 5.74) is 20.2. The Morgan fingerprint density at radius 3 is 1.77 bits per heavy atom. The van der Waals surface area contributed by atoms with Crippen LogP contribution in [-0.2, 0) is 5.41 Å². The van der Waals surface area contributed by atoms with Crippen molar-refractivity contribution < 1.29 is 17.7 Å². The number of hydrogen-bond acceptors (Lipinski definition) is 5. The minimum absolute atomic E-state index is 0.718. The van der Waals surface area contributed by atoms with Gasteiger partial charge in [0.1, 0.15) is 44.7 Å². The SMILES string of the molecule is c1ccc2c(c1)-c1c(ccc3c1oc1ccccc13)C21c2cc(-c3ccc4oc5ccncc5c4c3)ccc2-c2c1cc(-c1ccc3oc4ccccc4c3c1)c1oc3ccccc3c21. The molecule has 0 radical (unpaired) electrons. The molecular weight excluding hydrogens is 799 g/mol. The van der Waals surface area contributed by atoms with Gasteiger partial charge in [0, 0.05) is 66.6 Å². The Kier molecular flexibility index (Phi) is 6.19. The van der Waals surface area contributed by atoms with Gasteiger partial charge in [-0.05, 0) is 116 Å². The summed E-state index contributed by atoms with van der Waals surface area (Å²) in [7, 11) is 0. The van der Waals surface area contributed by atoms with Gasteiger partial charge in [-0.15, -0.1) is 0 Å². The van der Waals surface area contributed by atoms with E-state index in [1.165, 1.54) is 38.9 Å². The molecule has 14 aromatic rings. The predicted octanol–water partition coefficient (Wildman–Crippen LogP) is 16.4. The first-order chi connectivity index (χ1) is 32.2. The van der Waals surface area contributed by atoms with E-state index in [-0.39, 0.29) is 0 Å². The minimum Gasteiger partial charge on any atom is -0.456 e. The third-order valence-electron chi connectivity index (χ3n) is 14.6. The van der Waals surface area contributed by atoms with Crippen LogP contribution in [0.3, 0.4) is 0 Å². The molecular formula is C60H31NO4. The standard InChI is InChI=1S/C60H31NO4/c1-5-13-45-38(11-1)56-46(22-21-37-35-9-2-7-15-50(35)64-58(37)56)60(45)47-29-33(32-18-23-53-43(27-32)44-31-61-26-25-54(44)63-53)17-20-39(47)55-48(60)30-41(59-57(55)40-12-4-8-16-51(40)65-59)34-19-24-52-42(28-34)36-10-3-6-14-49(36)62-52/h1-31H. The van der Waals surface area contributed by atoms with Crippen molar-refractivity contribution in [1.29, 1.82) is 0 Å². The molecule has 5 nitrogen and oxygen atoms in total. The number of rotatable bonds is 2. The predicted molar refractivity (Wildman–Crippen MR) is 261 cm³/mol. The van der Waals surface area contributed by atoms with E-state index >= 15 is 0 Å². The molecule has 16 rings (SSSR count). The van der Waals surface area contributed by atoms with E-state index in [1.54, 1.807) is 6.20 Å². The number of fused-ring (bicyclic) bond motifs is 24. The molecule has 5 heterocycles. The second-order valence-corrected chi connectivity index (χ2v) is 17.7. The Morgan fingerprint density at radius 1 is 0.323 bits per heavy atom. The Balaban J connectivity index is 1.06. The monoisotopic (exact) mass is 829 g/mol. The Morgan fingerprint density at radius 2 is 0.923 bits per heavy atom. The molecule has 5 aromatic heterocycles. The van der Waals surface area contributed by atoms with Crippen LogP contribution in [-0.4, -0.2) is 4.98 Å². The lowest BCUT2D eigenvalue weighted by Crippen LogP contribution is -2.26. The van der Waals surface area contributed by atoms with Crippen molar-refractivity contribution in [1.82, 2.24) is 4.98 Å². The van der Waals surface area contributed by atoms with Crippen LogP contribution in [0.1, 0.15) is 22.3 Å². The van der Waals surface area contributed by atoms with Crippen LogP contribution >= 0.6 is 0 Å². The minimum atomic E-state index is -0.718. The van der Waals surface area contributed by atoms with Gasteiger partial charge in [-0.25, -0.2) is 0 Å². The van der Waals surface area contributed by atoms with Crippen LogP contribution in [0.2, 0.25) is 0 Å². The average Bonchev–Trinajstić information content (AvgIpc) is 4.20. The molecule has 0 saturated heterocycles. The molecule has 0 fully saturated rings. The van der Waals surface area contributed by atoms with Crippen LogP contribution < -0.4 is 0 Å². The maximum absolute atomic E-state index is 7.05. The topological polar surface area (TPSA) is 65.5 Å². The normalized spacial score (nSPS) is 15.1. The number of benzene rings is 9. The fourth-order valence-electron chi connectivity index (χ4n) is 11.9. The molecule has 1 atom stereocenters. The zero-order valence-corrected chi connectivity index (χ0v) is 34.5. The number of para-hydroxylation sites is 3. The number of furan rings is 4. The number of pyridine rings is 1. The van der Waals surface area contributed by atoms with E-state index in [0.29, 0.717) is 0 Å². The summed E-state index contributed by atoms with van der Waals surface area (Å²) in [5, 5.41) is 8.66. The van der Waals surface area contributed by atoms with Gasteiger partial charge in [-0.1, -0.05) is 115 Å². The smallest absolute Gasteiger partial charge is 0.143 e. The van der Waals surface area contributed by atoms with Gasteiger partial charge in [0.05, 0.1) is 5.41 Å². The molecule has 1 spiro atoms. The highest BCUT2D eigenvalue weighted by Crippen LogP contribution is 2.66. The molecule has 9 aromatic carbocycles. The molecule has 1 unspecified atom stereocenters. The van der Waals surface area contributed by atoms with Crippen molar-refractivity contribution >= 4 is 87.8 Å². The highest BCUT2D eigenvalue weighted by atomic mass is 16.3. The van der Waals surface area contributed by atoms with Gasteiger partial charge in [0.15, 0.2) is 0 Å². The summed E-state index contributed by atoms with van der Waals surface area (Å²) in [6, 6.07) is 63.4. The fourth-order valence-corrected chi connectivity index (χ4v) is 11.9. The van der Waals surface area contributed by atoms with Gasteiger partial charge in [-0.3, -0.25) is 4.98 Å². The molecule has 0 saturated carbocycles. The quantitative estimate of drug-likeness (QED) is 0.174. The Bertz CT molecular complexity index is 4440. The first kappa shape index (κ1) is 33.9. The second-order valence-electron chi connectivity index (χ2n) is 17.7. The van der Waals surface area contributed by atoms with Gasteiger partial charge in [-0.2, -0.15) is 0 Å². The summed E-state index contributed by atoms with van der Waals surface area (Å²) in [6.45, 7) is 0. The van der Waals surface area contributed by atoms with Crippen molar-refractivity contribution in [3.05, 3.63) is 211 Å². The van der Waals surface area contributed by atoms with Crippen LogP contribution in [0, 0.1) is 0 Å². The summed E-state index contributed by atoms with van der Waals surface area (Å²) in [5.74, 6) is 0. The summed E-state index contributed by atoms with van der Waals surface area (Å²) >= 11 is 0. The first-order valence-electron chi connectivity index (χ1n) is 22.1. The lowest BCUT2D eigenvalue weighted by Gasteiger charge is -2.31. The summed E-state index contributed by atoms with van der Waals surface area (Å²) in [6.07, 6.45) is 3.68. The highest BCUT2D eigenvalue weighted by Gasteiger charge is 2.54. The van der Waals surface area contributed by atoms with Crippen molar-refractivity contribution in [3.8, 4) is 44.5 Å². The third-order valence-corrected chi connectivity index (χ3v) is 14.6. The zero-order chi connectivity index (χ0) is 42.1. The number of nitrogens with zero attached hydrogens (tertiary/aromatic N) is 1. The van der Waals surface area contributed by atoms with Gasteiger partial charge in [0.25, 0.3) is 0 Å². The van der Waals surface area contributed by atoms with Crippen molar-refractivity contribution in [2.45, 2.75) is 5.41 Å². The molecule has 2 aliphatic rings. The molecule has 65 heavy (non-hydrogen) atoms. The molecule has 0 bridgehead atoms. The largest absolute Gasteiger partial charge is 0.456 e. The van der Waals surface area contributed by atoms with Gasteiger partial charge < -0.3 is 17.7 Å². The number of aromatic nitrogens is 1. The van der Waals surface area contributed by atoms with E-state index in [2.05, 4.69) is 163 Å². The molecule has 0 aliphatic heterocycles. The van der Waals surface area contributed by atoms with Crippen LogP contribution in [0.15, 0.2) is 206 Å². The molecule has 0 amide bonds. The molecule has 2 aliphatic carbocycles. The van der Waals surface area contributed by atoms with Gasteiger partial charge in [0.2, 0.25) is 0 Å². The van der Waals surface area contributed by atoms with Crippen molar-refractivity contribution in [2.24, 2.45) is 0 Å². The number of hydrogen-bond donors (Lipinski definition) is 0. The van der Waals surface area contributed by atoms with E-state index in [9.17, 15) is 0 Å². The lowest BCUT2D eigenvalue weighted by atomic mass is 9.69. The van der Waals surface area contributed by atoms with Crippen LogP contribution in [0.5, 0.6) is 0 Å². The maximum atomic E-state index is 7.05. The van der Waals surface area contributed by atoms with Crippen LogP contribution in [0.25, 0.3) is 132 Å².